The monoisotopic (exact) mass is 209 g/mol. The minimum atomic E-state index is -2.91. The Balaban J connectivity index is 3.88. The third-order valence-corrected chi connectivity index (χ3v) is 3.23. The van der Waals surface area contributed by atoms with Crippen LogP contribution in [0, 0.1) is 0 Å². The molecule has 0 rings (SSSR count). The topological polar surface area (TPSA) is 80.4 Å². The van der Waals surface area contributed by atoms with Gasteiger partial charge in [-0.3, -0.25) is 0 Å². The molecule has 0 amide bonds. The second-order valence-electron chi connectivity index (χ2n) is 3.52. The van der Waals surface area contributed by atoms with Crippen molar-refractivity contribution in [1.29, 1.82) is 0 Å². The first kappa shape index (κ1) is 12.9. The molecule has 0 radical (unpaired) electrons. The summed E-state index contributed by atoms with van der Waals surface area (Å²) in [7, 11) is -2.91. The molecule has 0 bridgehead atoms. The van der Waals surface area contributed by atoms with Crippen LogP contribution in [0.1, 0.15) is 26.2 Å². The summed E-state index contributed by atoms with van der Waals surface area (Å²) in [6.07, 6.45) is 2.68. The van der Waals surface area contributed by atoms with Gasteiger partial charge in [0.2, 0.25) is 0 Å². The fourth-order valence-electron chi connectivity index (χ4n) is 1.09. The quantitative estimate of drug-likeness (QED) is 0.640. The Morgan fingerprint density at radius 2 is 2.00 bits per heavy atom. The molecule has 1 unspecified atom stereocenters. The van der Waals surface area contributed by atoms with Gasteiger partial charge in [-0.05, 0) is 19.3 Å². The van der Waals surface area contributed by atoms with E-state index >= 15 is 0 Å². The Morgan fingerprint density at radius 1 is 1.46 bits per heavy atom. The Bertz CT molecular complexity index is 232. The molecule has 5 heteroatoms. The predicted molar refractivity (Wildman–Crippen MR) is 53.2 cm³/mol. The largest absolute Gasteiger partial charge is 0.389 e. The molecule has 0 aromatic carbocycles. The zero-order chi connectivity index (χ0) is 10.5. The van der Waals surface area contributed by atoms with Crippen LogP contribution in [-0.2, 0) is 9.84 Å². The van der Waals surface area contributed by atoms with Gasteiger partial charge in [0.1, 0.15) is 9.84 Å². The zero-order valence-corrected chi connectivity index (χ0v) is 9.10. The molecule has 0 saturated heterocycles. The van der Waals surface area contributed by atoms with Crippen molar-refractivity contribution >= 4 is 9.84 Å². The molecule has 3 N–H and O–H groups in total. The van der Waals surface area contributed by atoms with Crippen LogP contribution in [0.25, 0.3) is 0 Å². The summed E-state index contributed by atoms with van der Waals surface area (Å²) < 4.78 is 21.6. The fraction of sp³-hybridized carbons (Fsp3) is 1.00. The summed E-state index contributed by atoms with van der Waals surface area (Å²) in [6.45, 7) is 2.03. The molecular formula is C8H19NO3S. The van der Waals surface area contributed by atoms with Crippen LogP contribution in [0.5, 0.6) is 0 Å². The maximum atomic E-state index is 10.8. The van der Waals surface area contributed by atoms with Gasteiger partial charge in [-0.1, -0.05) is 6.92 Å². The van der Waals surface area contributed by atoms with Crippen molar-refractivity contribution in [2.24, 2.45) is 5.73 Å². The van der Waals surface area contributed by atoms with Crippen molar-refractivity contribution in [3.05, 3.63) is 0 Å². The van der Waals surface area contributed by atoms with Gasteiger partial charge in [-0.15, -0.1) is 0 Å². The van der Waals surface area contributed by atoms with Gasteiger partial charge in [0, 0.05) is 18.6 Å². The predicted octanol–water partition coefficient (Wildman–Crippen LogP) is -0.0890. The molecule has 0 aromatic heterocycles. The van der Waals surface area contributed by atoms with Crippen LogP contribution in [0.3, 0.4) is 0 Å². The molecule has 0 aliphatic carbocycles. The standard InChI is InChI=1S/C8H19NO3S/c1-3-8(10,7-9)5-4-6-13(2,11)12/h10H,3-7,9H2,1-2H3. The van der Waals surface area contributed by atoms with E-state index in [4.69, 9.17) is 5.73 Å². The Kier molecular flexibility index (Phi) is 4.88. The number of aliphatic hydroxyl groups is 1. The molecule has 0 aromatic rings. The van der Waals surface area contributed by atoms with Crippen LogP contribution in [-0.4, -0.2) is 37.7 Å². The van der Waals surface area contributed by atoms with E-state index in [0.717, 1.165) is 0 Å². The molecule has 0 aliphatic rings. The SMILES string of the molecule is CCC(O)(CN)CCCS(C)(=O)=O. The molecular weight excluding hydrogens is 190 g/mol. The highest BCUT2D eigenvalue weighted by atomic mass is 32.2. The van der Waals surface area contributed by atoms with E-state index in [2.05, 4.69) is 0 Å². The maximum Gasteiger partial charge on any atom is 0.147 e. The van der Waals surface area contributed by atoms with Gasteiger partial charge in [-0.25, -0.2) is 8.42 Å². The molecule has 0 spiro atoms. The number of hydrogen-bond acceptors (Lipinski definition) is 4. The van der Waals surface area contributed by atoms with E-state index < -0.39 is 15.4 Å². The lowest BCUT2D eigenvalue weighted by Gasteiger charge is -2.24. The molecule has 0 fully saturated rings. The van der Waals surface area contributed by atoms with E-state index in [1.807, 2.05) is 6.92 Å². The summed E-state index contributed by atoms with van der Waals surface area (Å²) in [5.41, 5.74) is 4.48. The summed E-state index contributed by atoms with van der Waals surface area (Å²) in [5, 5.41) is 9.71. The Hall–Kier alpha value is -0.130. The summed E-state index contributed by atoms with van der Waals surface area (Å²) >= 11 is 0. The smallest absolute Gasteiger partial charge is 0.147 e. The Labute approximate surface area is 80.1 Å². The van der Waals surface area contributed by atoms with Crippen molar-refractivity contribution in [2.45, 2.75) is 31.8 Å². The van der Waals surface area contributed by atoms with E-state index in [0.29, 0.717) is 19.3 Å². The number of rotatable bonds is 6. The Morgan fingerprint density at radius 3 is 2.31 bits per heavy atom. The van der Waals surface area contributed by atoms with Crippen LogP contribution >= 0.6 is 0 Å². The summed E-state index contributed by atoms with van der Waals surface area (Å²) in [5.74, 6) is 0.120. The van der Waals surface area contributed by atoms with Gasteiger partial charge >= 0.3 is 0 Å². The average Bonchev–Trinajstić information content (AvgIpc) is 2.02. The van der Waals surface area contributed by atoms with E-state index in [9.17, 15) is 13.5 Å². The molecule has 13 heavy (non-hydrogen) atoms. The van der Waals surface area contributed by atoms with Crippen molar-refractivity contribution in [1.82, 2.24) is 0 Å². The third kappa shape index (κ3) is 6.01. The van der Waals surface area contributed by atoms with Crippen LogP contribution in [0.2, 0.25) is 0 Å². The molecule has 1 atom stereocenters. The molecule has 4 nitrogen and oxygen atoms in total. The zero-order valence-electron chi connectivity index (χ0n) is 8.28. The van der Waals surface area contributed by atoms with Crippen molar-refractivity contribution in [3.8, 4) is 0 Å². The fourth-order valence-corrected chi connectivity index (χ4v) is 1.76. The lowest BCUT2D eigenvalue weighted by molar-refractivity contribution is 0.0359. The summed E-state index contributed by atoms with van der Waals surface area (Å²) in [6, 6.07) is 0. The van der Waals surface area contributed by atoms with Crippen molar-refractivity contribution in [2.75, 3.05) is 18.6 Å². The lowest BCUT2D eigenvalue weighted by atomic mass is 9.95. The number of sulfone groups is 1. The van der Waals surface area contributed by atoms with Gasteiger partial charge in [0.05, 0.1) is 5.60 Å². The van der Waals surface area contributed by atoms with E-state index in [-0.39, 0.29) is 12.3 Å². The first-order valence-electron chi connectivity index (χ1n) is 4.43. The summed E-state index contributed by atoms with van der Waals surface area (Å²) in [4.78, 5) is 0. The average molecular weight is 209 g/mol. The second kappa shape index (κ2) is 4.93. The highest BCUT2D eigenvalue weighted by Crippen LogP contribution is 2.15. The number of nitrogens with two attached hydrogens (primary N) is 1. The van der Waals surface area contributed by atoms with Crippen molar-refractivity contribution in [3.63, 3.8) is 0 Å². The maximum absolute atomic E-state index is 10.8. The van der Waals surface area contributed by atoms with E-state index in [1.165, 1.54) is 6.26 Å². The van der Waals surface area contributed by atoms with Gasteiger partial charge < -0.3 is 10.8 Å². The first-order valence-corrected chi connectivity index (χ1v) is 6.49. The molecule has 0 aliphatic heterocycles. The second-order valence-corrected chi connectivity index (χ2v) is 5.78. The van der Waals surface area contributed by atoms with Gasteiger partial charge in [0.15, 0.2) is 0 Å². The molecule has 0 saturated carbocycles. The van der Waals surface area contributed by atoms with E-state index in [1.54, 1.807) is 0 Å². The first-order chi connectivity index (χ1) is 5.83. The molecule has 0 heterocycles. The number of hydrogen-bond donors (Lipinski definition) is 2. The normalized spacial score (nSPS) is 16.9. The lowest BCUT2D eigenvalue weighted by Crippen LogP contribution is -2.37. The van der Waals surface area contributed by atoms with Crippen LogP contribution in [0.15, 0.2) is 0 Å². The van der Waals surface area contributed by atoms with Gasteiger partial charge in [0.25, 0.3) is 0 Å². The van der Waals surface area contributed by atoms with Gasteiger partial charge in [-0.2, -0.15) is 0 Å². The van der Waals surface area contributed by atoms with Crippen molar-refractivity contribution < 1.29 is 13.5 Å². The van der Waals surface area contributed by atoms with Crippen LogP contribution in [0.4, 0.5) is 0 Å². The minimum Gasteiger partial charge on any atom is -0.389 e. The van der Waals surface area contributed by atoms with Crippen LogP contribution < -0.4 is 5.73 Å². The highest BCUT2D eigenvalue weighted by Gasteiger charge is 2.22. The third-order valence-electron chi connectivity index (χ3n) is 2.20. The minimum absolute atomic E-state index is 0.120. The highest BCUT2D eigenvalue weighted by molar-refractivity contribution is 7.90. The molecule has 80 valence electrons.